The van der Waals surface area contributed by atoms with Crippen molar-refractivity contribution >= 4 is 11.9 Å². The molecule has 0 atom stereocenters. The summed E-state index contributed by atoms with van der Waals surface area (Å²) in [5, 5.41) is 9.78. The molecule has 5 heteroatoms. The first-order chi connectivity index (χ1) is 14.5. The van der Waals surface area contributed by atoms with Crippen molar-refractivity contribution in [3.63, 3.8) is 0 Å². The van der Waals surface area contributed by atoms with Gasteiger partial charge in [0.1, 0.15) is 5.69 Å². The van der Waals surface area contributed by atoms with Crippen molar-refractivity contribution in [2.45, 2.75) is 77.6 Å². The van der Waals surface area contributed by atoms with Crippen LogP contribution in [0.15, 0.2) is 24.4 Å². The number of carbonyl (C=O) groups is 2. The smallest absolute Gasteiger partial charge is 0.337 e. The fraction of sp³-hybridized carbons (Fsp3) is 0.538. The molecule has 4 rings (SSSR count). The number of piperidine rings is 1. The number of likely N-dealkylation sites (tertiary alicyclic amines) is 1. The molecular formula is C26H34N2O3. The lowest BCUT2D eigenvalue weighted by molar-refractivity contribution is 0.0695. The van der Waals surface area contributed by atoms with Gasteiger partial charge in [0.05, 0.1) is 5.56 Å². The molecule has 0 spiro atoms. The molecule has 1 aliphatic heterocycles. The molecule has 31 heavy (non-hydrogen) atoms. The zero-order valence-corrected chi connectivity index (χ0v) is 19.4. The van der Waals surface area contributed by atoms with Gasteiger partial charge < -0.3 is 14.6 Å². The van der Waals surface area contributed by atoms with Crippen molar-refractivity contribution in [1.82, 2.24) is 9.47 Å². The van der Waals surface area contributed by atoms with Gasteiger partial charge >= 0.3 is 5.97 Å². The van der Waals surface area contributed by atoms with Gasteiger partial charge in [-0.25, -0.2) is 4.79 Å². The van der Waals surface area contributed by atoms with E-state index in [1.807, 2.05) is 9.47 Å². The molecule has 1 saturated carbocycles. The zero-order chi connectivity index (χ0) is 22.6. The van der Waals surface area contributed by atoms with E-state index in [1.165, 1.54) is 11.1 Å². The van der Waals surface area contributed by atoms with Crippen LogP contribution in [0.5, 0.6) is 0 Å². The Bertz CT molecular complexity index is 1010. The number of aromatic carboxylic acids is 1. The molecule has 2 heterocycles. The first-order valence-corrected chi connectivity index (χ1v) is 11.4. The van der Waals surface area contributed by atoms with E-state index in [9.17, 15) is 14.7 Å². The van der Waals surface area contributed by atoms with Crippen molar-refractivity contribution in [1.29, 1.82) is 0 Å². The second-order valence-electron chi connectivity index (χ2n) is 10.6. The highest BCUT2D eigenvalue weighted by Crippen LogP contribution is 2.49. The van der Waals surface area contributed by atoms with E-state index in [0.717, 1.165) is 50.9 Å². The van der Waals surface area contributed by atoms with E-state index >= 15 is 0 Å². The minimum Gasteiger partial charge on any atom is -0.478 e. The molecule has 0 bridgehead atoms. The molecule has 2 aliphatic rings. The zero-order valence-electron chi connectivity index (χ0n) is 19.4. The van der Waals surface area contributed by atoms with Gasteiger partial charge in [-0.3, -0.25) is 4.79 Å². The van der Waals surface area contributed by atoms with E-state index < -0.39 is 5.97 Å². The third-order valence-electron chi connectivity index (χ3n) is 7.09. The van der Waals surface area contributed by atoms with Crippen molar-refractivity contribution in [2.24, 2.45) is 0 Å². The molecule has 1 aromatic carbocycles. The van der Waals surface area contributed by atoms with Crippen LogP contribution < -0.4 is 0 Å². The molecule has 2 fully saturated rings. The summed E-state index contributed by atoms with van der Waals surface area (Å²) >= 11 is 0. The standard InChI is InChI=1S/C26H34N2O3/c1-17-21(24(30)31)16-28(22(17)23(29)27-11-7-6-8-12-27)20-14-18(25(2,3)4)13-19(15-20)26(5)9-10-26/h13-16H,6-12H2,1-5H3,(H,30,31). The monoisotopic (exact) mass is 422 g/mol. The average molecular weight is 423 g/mol. The maximum Gasteiger partial charge on any atom is 0.337 e. The summed E-state index contributed by atoms with van der Waals surface area (Å²) in [7, 11) is 0. The largest absolute Gasteiger partial charge is 0.478 e. The highest BCUT2D eigenvalue weighted by Gasteiger charge is 2.40. The maximum absolute atomic E-state index is 13.5. The summed E-state index contributed by atoms with van der Waals surface area (Å²) in [6, 6.07) is 6.56. The van der Waals surface area contributed by atoms with Crippen molar-refractivity contribution in [2.75, 3.05) is 13.1 Å². The Morgan fingerprint density at radius 1 is 1.03 bits per heavy atom. The molecule has 1 aliphatic carbocycles. The fourth-order valence-corrected chi connectivity index (χ4v) is 4.54. The van der Waals surface area contributed by atoms with E-state index in [4.69, 9.17) is 0 Å². The Kier molecular flexibility index (Phi) is 5.27. The summed E-state index contributed by atoms with van der Waals surface area (Å²) < 4.78 is 1.83. The molecular weight excluding hydrogens is 388 g/mol. The fourth-order valence-electron chi connectivity index (χ4n) is 4.54. The lowest BCUT2D eigenvalue weighted by Gasteiger charge is -2.28. The first-order valence-electron chi connectivity index (χ1n) is 11.4. The number of carboxylic acid groups (broad SMARTS) is 1. The van der Waals surface area contributed by atoms with Gasteiger partial charge in [0.25, 0.3) is 5.91 Å². The highest BCUT2D eigenvalue weighted by atomic mass is 16.4. The summed E-state index contributed by atoms with van der Waals surface area (Å²) in [6.45, 7) is 12.1. The molecule has 166 valence electrons. The maximum atomic E-state index is 13.5. The minimum atomic E-state index is -0.995. The van der Waals surface area contributed by atoms with Crippen LogP contribution in [0, 0.1) is 6.92 Å². The molecule has 0 radical (unpaired) electrons. The van der Waals surface area contributed by atoms with Gasteiger partial charge in [-0.2, -0.15) is 0 Å². The molecule has 1 saturated heterocycles. The summed E-state index contributed by atoms with van der Waals surface area (Å²) in [6.07, 6.45) is 7.09. The second kappa shape index (κ2) is 7.54. The number of carboxylic acids is 1. The van der Waals surface area contributed by atoms with Gasteiger partial charge in [-0.05, 0) is 78.7 Å². The summed E-state index contributed by atoms with van der Waals surface area (Å²) in [5.41, 5.74) is 4.70. The molecule has 0 unspecified atom stereocenters. The van der Waals surface area contributed by atoms with Gasteiger partial charge in [0.15, 0.2) is 0 Å². The quantitative estimate of drug-likeness (QED) is 0.712. The average Bonchev–Trinajstić information content (AvgIpc) is 3.38. The second-order valence-corrected chi connectivity index (χ2v) is 10.6. The highest BCUT2D eigenvalue weighted by molar-refractivity contribution is 6.00. The first kappa shape index (κ1) is 21.7. The van der Waals surface area contributed by atoms with Crippen molar-refractivity contribution in [3.05, 3.63) is 52.3 Å². The van der Waals surface area contributed by atoms with Crippen LogP contribution in [-0.2, 0) is 10.8 Å². The SMILES string of the molecule is Cc1c(C(=O)O)cn(-c2cc(C(C)(C)C)cc(C3(C)CC3)c2)c1C(=O)N1CCCCC1. The van der Waals surface area contributed by atoms with Crippen LogP contribution in [0.2, 0.25) is 0 Å². The number of rotatable bonds is 4. The van der Waals surface area contributed by atoms with Gasteiger partial charge in [-0.15, -0.1) is 0 Å². The Hall–Kier alpha value is -2.56. The third-order valence-corrected chi connectivity index (χ3v) is 7.09. The predicted molar refractivity (Wildman–Crippen MR) is 123 cm³/mol. The van der Waals surface area contributed by atoms with Crippen LogP contribution >= 0.6 is 0 Å². The van der Waals surface area contributed by atoms with Gasteiger partial charge in [0.2, 0.25) is 0 Å². The normalized spacial score (nSPS) is 18.2. The van der Waals surface area contributed by atoms with Crippen LogP contribution in [-0.4, -0.2) is 39.5 Å². The Balaban J connectivity index is 1.90. The van der Waals surface area contributed by atoms with E-state index in [-0.39, 0.29) is 22.3 Å². The number of nitrogens with zero attached hydrogens (tertiary/aromatic N) is 2. The van der Waals surface area contributed by atoms with E-state index in [0.29, 0.717) is 11.3 Å². The Morgan fingerprint density at radius 3 is 2.23 bits per heavy atom. The predicted octanol–water partition coefficient (Wildman–Crippen LogP) is 5.46. The lowest BCUT2D eigenvalue weighted by atomic mass is 9.83. The third kappa shape index (κ3) is 4.02. The van der Waals surface area contributed by atoms with Crippen LogP contribution in [0.25, 0.3) is 5.69 Å². The van der Waals surface area contributed by atoms with E-state index in [2.05, 4.69) is 45.9 Å². The van der Waals surface area contributed by atoms with E-state index in [1.54, 1.807) is 13.1 Å². The number of benzene rings is 1. The lowest BCUT2D eigenvalue weighted by Crippen LogP contribution is -2.37. The number of hydrogen-bond acceptors (Lipinski definition) is 2. The number of hydrogen-bond donors (Lipinski definition) is 1. The molecule has 1 aromatic heterocycles. The summed E-state index contributed by atoms with van der Waals surface area (Å²) in [5.74, 6) is -1.06. The molecule has 2 aromatic rings. The van der Waals surface area contributed by atoms with Gasteiger partial charge in [-0.1, -0.05) is 33.8 Å². The topological polar surface area (TPSA) is 62.5 Å². The van der Waals surface area contributed by atoms with Crippen LogP contribution in [0.4, 0.5) is 0 Å². The Morgan fingerprint density at radius 2 is 1.68 bits per heavy atom. The van der Waals surface area contributed by atoms with Crippen LogP contribution in [0.3, 0.4) is 0 Å². The summed E-state index contributed by atoms with van der Waals surface area (Å²) in [4.78, 5) is 27.4. The minimum absolute atomic E-state index is 0.0507. The van der Waals surface area contributed by atoms with Crippen LogP contribution in [0.1, 0.15) is 97.3 Å². The van der Waals surface area contributed by atoms with Crippen molar-refractivity contribution < 1.29 is 14.7 Å². The van der Waals surface area contributed by atoms with Gasteiger partial charge in [0, 0.05) is 25.0 Å². The number of aromatic nitrogens is 1. The number of carbonyl (C=O) groups excluding carboxylic acids is 1. The molecule has 1 amide bonds. The number of amides is 1. The Labute approximate surface area is 185 Å². The molecule has 5 nitrogen and oxygen atoms in total. The molecule has 1 N–H and O–H groups in total. The van der Waals surface area contributed by atoms with Crippen molar-refractivity contribution in [3.8, 4) is 5.69 Å².